The maximum Gasteiger partial charge on any atom is 0.162 e. The third-order valence-electron chi connectivity index (χ3n) is 2.03. The van der Waals surface area contributed by atoms with Gasteiger partial charge in [0.25, 0.3) is 0 Å². The van der Waals surface area contributed by atoms with Crippen LogP contribution < -0.4 is 0 Å². The molecular formula is C11H7F2NO. The third-order valence-corrected chi connectivity index (χ3v) is 2.03. The van der Waals surface area contributed by atoms with E-state index in [0.29, 0.717) is 5.56 Å². The number of pyridine rings is 1. The zero-order valence-corrected chi connectivity index (χ0v) is 7.61. The first-order valence-electron chi connectivity index (χ1n) is 4.27. The van der Waals surface area contributed by atoms with Gasteiger partial charge in [-0.2, -0.15) is 0 Å². The van der Waals surface area contributed by atoms with Gasteiger partial charge in [-0.3, -0.25) is 4.98 Å². The monoisotopic (exact) mass is 207 g/mol. The minimum absolute atomic E-state index is 0.247. The lowest BCUT2D eigenvalue weighted by atomic mass is 10.1. The number of aromatic nitrogens is 1. The van der Waals surface area contributed by atoms with Crippen LogP contribution in [0.1, 0.15) is 0 Å². The van der Waals surface area contributed by atoms with Crippen molar-refractivity contribution in [1.29, 1.82) is 0 Å². The van der Waals surface area contributed by atoms with Crippen LogP contribution >= 0.6 is 0 Å². The highest BCUT2D eigenvalue weighted by Crippen LogP contribution is 2.30. The Labute approximate surface area is 84.8 Å². The second kappa shape index (κ2) is 3.65. The molecule has 0 bridgehead atoms. The van der Waals surface area contributed by atoms with Gasteiger partial charge in [0.2, 0.25) is 0 Å². The van der Waals surface area contributed by atoms with Crippen molar-refractivity contribution in [1.82, 2.24) is 4.98 Å². The molecule has 0 amide bonds. The van der Waals surface area contributed by atoms with Gasteiger partial charge in [0.1, 0.15) is 5.75 Å². The molecule has 0 aliphatic carbocycles. The molecule has 4 heteroatoms. The standard InChI is InChI=1S/C11H7F2NO/c12-9-5-8(11(15)6-10(9)13)7-1-3-14-4-2-7/h1-6,15H. The van der Waals surface area contributed by atoms with Gasteiger partial charge in [-0.25, -0.2) is 8.78 Å². The lowest BCUT2D eigenvalue weighted by molar-refractivity contribution is 0.457. The number of hydrogen-bond acceptors (Lipinski definition) is 2. The van der Waals surface area contributed by atoms with Gasteiger partial charge in [0, 0.05) is 24.0 Å². The van der Waals surface area contributed by atoms with E-state index >= 15 is 0 Å². The van der Waals surface area contributed by atoms with E-state index in [9.17, 15) is 13.9 Å². The number of halogens is 2. The zero-order valence-electron chi connectivity index (χ0n) is 7.61. The zero-order chi connectivity index (χ0) is 10.8. The van der Waals surface area contributed by atoms with E-state index in [2.05, 4.69) is 4.98 Å². The lowest BCUT2D eigenvalue weighted by Gasteiger charge is -2.04. The largest absolute Gasteiger partial charge is 0.507 e. The van der Waals surface area contributed by atoms with Crippen molar-refractivity contribution >= 4 is 0 Å². The van der Waals surface area contributed by atoms with E-state index < -0.39 is 11.6 Å². The van der Waals surface area contributed by atoms with Crippen LogP contribution in [0.25, 0.3) is 11.1 Å². The summed E-state index contributed by atoms with van der Waals surface area (Å²) in [5.74, 6) is -2.34. The van der Waals surface area contributed by atoms with Gasteiger partial charge in [-0.15, -0.1) is 0 Å². The van der Waals surface area contributed by atoms with Crippen LogP contribution in [-0.4, -0.2) is 10.1 Å². The summed E-state index contributed by atoms with van der Waals surface area (Å²) in [6, 6.07) is 4.92. The van der Waals surface area contributed by atoms with Crippen LogP contribution in [0.15, 0.2) is 36.7 Å². The normalized spacial score (nSPS) is 10.3. The molecule has 0 saturated carbocycles. The van der Waals surface area contributed by atoms with Crippen LogP contribution in [0.2, 0.25) is 0 Å². The van der Waals surface area contributed by atoms with Gasteiger partial charge >= 0.3 is 0 Å². The minimum atomic E-state index is -1.06. The molecule has 1 N–H and O–H groups in total. The Morgan fingerprint density at radius 2 is 1.60 bits per heavy atom. The molecule has 0 radical (unpaired) electrons. The average Bonchev–Trinajstić information content (AvgIpc) is 2.25. The van der Waals surface area contributed by atoms with Crippen molar-refractivity contribution in [2.75, 3.05) is 0 Å². The summed E-state index contributed by atoms with van der Waals surface area (Å²) >= 11 is 0. The van der Waals surface area contributed by atoms with Gasteiger partial charge in [-0.1, -0.05) is 0 Å². The van der Waals surface area contributed by atoms with Crippen molar-refractivity contribution in [2.45, 2.75) is 0 Å². The summed E-state index contributed by atoms with van der Waals surface area (Å²) < 4.78 is 25.7. The molecule has 0 aliphatic heterocycles. The Bertz CT molecular complexity index is 485. The second-order valence-corrected chi connectivity index (χ2v) is 3.02. The van der Waals surface area contributed by atoms with E-state index in [-0.39, 0.29) is 11.3 Å². The number of nitrogens with zero attached hydrogens (tertiary/aromatic N) is 1. The number of aromatic hydroxyl groups is 1. The van der Waals surface area contributed by atoms with E-state index in [0.717, 1.165) is 12.1 Å². The molecule has 15 heavy (non-hydrogen) atoms. The predicted octanol–water partition coefficient (Wildman–Crippen LogP) is 2.73. The van der Waals surface area contributed by atoms with Crippen LogP contribution in [0.4, 0.5) is 8.78 Å². The highest BCUT2D eigenvalue weighted by atomic mass is 19.2. The number of rotatable bonds is 1. The summed E-state index contributed by atoms with van der Waals surface area (Å²) in [5.41, 5.74) is 0.831. The summed E-state index contributed by atoms with van der Waals surface area (Å²) in [6.07, 6.45) is 3.02. The first-order valence-corrected chi connectivity index (χ1v) is 4.27. The van der Waals surface area contributed by atoms with Gasteiger partial charge in [0.05, 0.1) is 0 Å². The van der Waals surface area contributed by atoms with Crippen molar-refractivity contribution in [3.05, 3.63) is 48.3 Å². The predicted molar refractivity (Wildman–Crippen MR) is 51.3 cm³/mol. The minimum Gasteiger partial charge on any atom is -0.507 e. The van der Waals surface area contributed by atoms with E-state index in [1.165, 1.54) is 12.4 Å². The molecule has 0 atom stereocenters. The number of hydrogen-bond donors (Lipinski definition) is 1. The second-order valence-electron chi connectivity index (χ2n) is 3.02. The molecule has 1 aromatic carbocycles. The molecule has 2 aromatic rings. The van der Waals surface area contributed by atoms with Crippen LogP contribution in [-0.2, 0) is 0 Å². The van der Waals surface area contributed by atoms with Gasteiger partial charge in [0.15, 0.2) is 11.6 Å². The molecule has 2 rings (SSSR count). The van der Waals surface area contributed by atoms with E-state index in [1.807, 2.05) is 0 Å². The van der Waals surface area contributed by atoms with Crippen LogP contribution in [0, 0.1) is 11.6 Å². The van der Waals surface area contributed by atoms with Crippen molar-refractivity contribution < 1.29 is 13.9 Å². The highest BCUT2D eigenvalue weighted by molar-refractivity contribution is 5.69. The smallest absolute Gasteiger partial charge is 0.162 e. The van der Waals surface area contributed by atoms with Crippen molar-refractivity contribution in [3.8, 4) is 16.9 Å². The Hall–Kier alpha value is -1.97. The molecule has 1 aromatic heterocycles. The maximum absolute atomic E-state index is 12.9. The summed E-state index contributed by atoms with van der Waals surface area (Å²) in [6.45, 7) is 0. The molecule has 1 heterocycles. The first kappa shape index (κ1) is 9.58. The van der Waals surface area contributed by atoms with Crippen LogP contribution in [0.3, 0.4) is 0 Å². The summed E-state index contributed by atoms with van der Waals surface area (Å²) in [5, 5.41) is 9.44. The summed E-state index contributed by atoms with van der Waals surface area (Å²) in [4.78, 5) is 3.79. The number of phenolic OH excluding ortho intramolecular Hbond substituents is 1. The SMILES string of the molecule is Oc1cc(F)c(F)cc1-c1ccncc1. The number of benzene rings is 1. The topological polar surface area (TPSA) is 33.1 Å². The van der Waals surface area contributed by atoms with E-state index in [4.69, 9.17) is 0 Å². The molecule has 2 nitrogen and oxygen atoms in total. The van der Waals surface area contributed by atoms with Gasteiger partial charge < -0.3 is 5.11 Å². The Morgan fingerprint density at radius 1 is 1.00 bits per heavy atom. The maximum atomic E-state index is 12.9. The Kier molecular flexibility index (Phi) is 2.33. The third kappa shape index (κ3) is 1.79. The molecule has 0 fully saturated rings. The van der Waals surface area contributed by atoms with Crippen LogP contribution in [0.5, 0.6) is 5.75 Å². The molecule has 0 saturated heterocycles. The quantitative estimate of drug-likeness (QED) is 0.779. The Balaban J connectivity index is 2.59. The fourth-order valence-corrected chi connectivity index (χ4v) is 1.30. The molecular weight excluding hydrogens is 200 g/mol. The molecule has 0 aliphatic rings. The van der Waals surface area contributed by atoms with Crippen molar-refractivity contribution in [3.63, 3.8) is 0 Å². The van der Waals surface area contributed by atoms with Gasteiger partial charge in [-0.05, 0) is 23.8 Å². The Morgan fingerprint density at radius 3 is 2.27 bits per heavy atom. The summed E-state index contributed by atoms with van der Waals surface area (Å²) in [7, 11) is 0. The average molecular weight is 207 g/mol. The van der Waals surface area contributed by atoms with E-state index in [1.54, 1.807) is 12.1 Å². The molecule has 76 valence electrons. The molecule has 0 spiro atoms. The highest BCUT2D eigenvalue weighted by Gasteiger charge is 2.10. The number of phenols is 1. The lowest BCUT2D eigenvalue weighted by Crippen LogP contribution is -1.87. The molecule has 0 unspecified atom stereocenters. The van der Waals surface area contributed by atoms with Crippen molar-refractivity contribution in [2.24, 2.45) is 0 Å². The fraction of sp³-hybridized carbons (Fsp3) is 0. The fourth-order valence-electron chi connectivity index (χ4n) is 1.30. The first-order chi connectivity index (χ1) is 7.18.